The van der Waals surface area contributed by atoms with Crippen LogP contribution >= 0.6 is 11.6 Å². The highest BCUT2D eigenvalue weighted by atomic mass is 35.5. The third-order valence-corrected chi connectivity index (χ3v) is 3.48. The lowest BCUT2D eigenvalue weighted by atomic mass is 10.1. The van der Waals surface area contributed by atoms with Gasteiger partial charge >= 0.3 is 0 Å². The average molecular weight is 346 g/mol. The molecule has 1 aromatic heterocycles. The molecule has 2 nitrogen and oxygen atoms in total. The monoisotopic (exact) mass is 345 g/mol. The minimum atomic E-state index is -2.25. The normalized spacial score (nSPS) is 11.2. The molecule has 0 amide bonds. The molecule has 3 rings (SSSR count). The van der Waals surface area contributed by atoms with E-state index in [0.717, 1.165) is 0 Å². The summed E-state index contributed by atoms with van der Waals surface area (Å²) in [6, 6.07) is 2.71. The van der Waals surface area contributed by atoms with Crippen molar-refractivity contribution in [2.24, 2.45) is 0 Å². The van der Waals surface area contributed by atoms with Gasteiger partial charge in [-0.25, -0.2) is 26.9 Å². The Morgan fingerprint density at radius 3 is 2.09 bits per heavy atom. The maximum Gasteiger partial charge on any atom is 0.233 e. The first kappa shape index (κ1) is 15.5. The Balaban J connectivity index is 2.32. The molecule has 0 fully saturated rings. The number of fused-ring (bicyclic) bond motifs is 1. The van der Waals surface area contributed by atoms with E-state index in [1.54, 1.807) is 0 Å². The molecule has 0 bridgehead atoms. The van der Waals surface area contributed by atoms with Crippen LogP contribution in [0.5, 0.6) is 0 Å². The summed E-state index contributed by atoms with van der Waals surface area (Å²) in [6.45, 7) is 3.52. The van der Waals surface area contributed by atoms with Gasteiger partial charge in [0.2, 0.25) is 11.7 Å². The largest absolute Gasteiger partial charge is 0.436 e. The second kappa shape index (κ2) is 5.34. The van der Waals surface area contributed by atoms with Crippen molar-refractivity contribution in [3.8, 4) is 11.5 Å². The first-order chi connectivity index (χ1) is 10.8. The van der Waals surface area contributed by atoms with Gasteiger partial charge in [-0.15, -0.1) is 0 Å². The molecule has 23 heavy (non-hydrogen) atoms. The van der Waals surface area contributed by atoms with Crippen molar-refractivity contribution >= 4 is 28.8 Å². The molecule has 8 heteroatoms. The van der Waals surface area contributed by atoms with E-state index in [9.17, 15) is 22.0 Å². The Kier molecular flexibility index (Phi) is 3.60. The zero-order valence-corrected chi connectivity index (χ0v) is 11.8. The van der Waals surface area contributed by atoms with Crippen LogP contribution in [0.2, 0.25) is 5.02 Å². The molecule has 0 saturated heterocycles. The first-order valence-electron chi connectivity index (χ1n) is 6.09. The fraction of sp³-hybridized carbons (Fsp3) is 0. The lowest BCUT2D eigenvalue weighted by Crippen LogP contribution is -2.04. The molecular weight excluding hydrogens is 341 g/mol. The Labute approximate surface area is 130 Å². The van der Waals surface area contributed by atoms with E-state index in [2.05, 4.69) is 11.6 Å². The smallest absolute Gasteiger partial charge is 0.233 e. The van der Waals surface area contributed by atoms with Gasteiger partial charge in [-0.1, -0.05) is 24.3 Å². The molecule has 0 aliphatic rings. The predicted molar refractivity (Wildman–Crippen MR) is 74.3 cm³/mol. The summed E-state index contributed by atoms with van der Waals surface area (Å²) < 4.78 is 72.3. The number of hydrogen-bond acceptors (Lipinski definition) is 2. The van der Waals surface area contributed by atoms with Crippen LogP contribution in [0.4, 0.5) is 22.0 Å². The van der Waals surface area contributed by atoms with E-state index in [1.807, 2.05) is 0 Å². The summed E-state index contributed by atoms with van der Waals surface area (Å²) in [4.78, 5) is 3.73. The van der Waals surface area contributed by atoms with Gasteiger partial charge in [-0.3, -0.25) is 0 Å². The number of aromatic nitrogens is 1. The first-order valence-corrected chi connectivity index (χ1v) is 6.47. The van der Waals surface area contributed by atoms with Crippen molar-refractivity contribution in [3.05, 3.63) is 58.4 Å². The zero-order valence-electron chi connectivity index (χ0n) is 11.1. The Morgan fingerprint density at radius 1 is 0.957 bits per heavy atom. The minimum Gasteiger partial charge on any atom is -0.436 e. The molecule has 2 aromatic carbocycles. The second-order valence-corrected chi connectivity index (χ2v) is 4.92. The van der Waals surface area contributed by atoms with Crippen molar-refractivity contribution in [2.75, 3.05) is 0 Å². The summed E-state index contributed by atoms with van der Waals surface area (Å²) in [7, 11) is 0. The highest BCUT2D eigenvalue weighted by Crippen LogP contribution is 2.34. The van der Waals surface area contributed by atoms with Crippen LogP contribution in [0.25, 0.3) is 28.6 Å². The fourth-order valence-electron chi connectivity index (χ4n) is 2.02. The van der Waals surface area contributed by atoms with Gasteiger partial charge in [-0.2, -0.15) is 0 Å². The maximum atomic E-state index is 13.8. The predicted octanol–water partition coefficient (Wildman–Crippen LogP) is 5.49. The van der Waals surface area contributed by atoms with E-state index in [1.165, 1.54) is 18.2 Å². The van der Waals surface area contributed by atoms with Crippen molar-refractivity contribution in [3.63, 3.8) is 0 Å². The quantitative estimate of drug-likeness (QED) is 0.349. The standard InChI is InChI=1S/C15H5ClF5NO/c1-2-5-3-8-7(4-6(5)16)22-15(23-8)9-10(17)12(19)14(21)13(20)11(9)18/h2-4H,1H2. The molecule has 0 radical (unpaired) electrons. The second-order valence-electron chi connectivity index (χ2n) is 4.51. The van der Waals surface area contributed by atoms with E-state index < -0.39 is 40.5 Å². The number of nitrogens with zero attached hydrogens (tertiary/aromatic N) is 1. The third-order valence-electron chi connectivity index (χ3n) is 3.15. The molecule has 0 N–H and O–H groups in total. The van der Waals surface area contributed by atoms with Gasteiger partial charge in [-0.05, 0) is 17.7 Å². The highest BCUT2D eigenvalue weighted by Gasteiger charge is 2.29. The molecule has 1 heterocycles. The third kappa shape index (κ3) is 2.28. The van der Waals surface area contributed by atoms with Crippen LogP contribution in [0.15, 0.2) is 23.1 Å². The van der Waals surface area contributed by atoms with E-state index in [0.29, 0.717) is 5.56 Å². The van der Waals surface area contributed by atoms with Gasteiger partial charge in [0.05, 0.1) is 5.02 Å². The van der Waals surface area contributed by atoms with Gasteiger partial charge in [0.1, 0.15) is 11.1 Å². The molecular formula is C15H5ClF5NO. The number of hydrogen-bond donors (Lipinski definition) is 0. The molecule has 3 aromatic rings. The Morgan fingerprint density at radius 2 is 1.52 bits per heavy atom. The van der Waals surface area contributed by atoms with Crippen molar-refractivity contribution in [2.45, 2.75) is 0 Å². The molecule has 0 aliphatic heterocycles. The summed E-state index contributed by atoms with van der Waals surface area (Å²) >= 11 is 5.92. The van der Waals surface area contributed by atoms with Crippen molar-refractivity contribution < 1.29 is 26.4 Å². The van der Waals surface area contributed by atoms with Crippen LogP contribution in [-0.4, -0.2) is 4.98 Å². The van der Waals surface area contributed by atoms with Crippen LogP contribution in [-0.2, 0) is 0 Å². The van der Waals surface area contributed by atoms with Crippen molar-refractivity contribution in [1.29, 1.82) is 0 Å². The van der Waals surface area contributed by atoms with Gasteiger partial charge in [0.15, 0.2) is 28.9 Å². The number of benzene rings is 2. The summed E-state index contributed by atoms with van der Waals surface area (Å²) in [6.07, 6.45) is 1.41. The minimum absolute atomic E-state index is 0.0586. The van der Waals surface area contributed by atoms with E-state index >= 15 is 0 Å². The van der Waals surface area contributed by atoms with Gasteiger partial charge < -0.3 is 4.42 Å². The summed E-state index contributed by atoms with van der Waals surface area (Å²) in [5, 5.41) is 0.241. The van der Waals surface area contributed by atoms with Crippen LogP contribution in [0, 0.1) is 29.1 Å². The molecule has 118 valence electrons. The highest BCUT2D eigenvalue weighted by molar-refractivity contribution is 6.32. The molecule has 0 saturated carbocycles. The van der Waals surface area contributed by atoms with Gasteiger partial charge in [0, 0.05) is 0 Å². The SMILES string of the molecule is C=Cc1cc2oc(-c3c(F)c(F)c(F)c(F)c3F)nc2cc1Cl. The molecule has 0 unspecified atom stereocenters. The van der Waals surface area contributed by atoms with Crippen LogP contribution in [0.1, 0.15) is 5.56 Å². The summed E-state index contributed by atoms with van der Waals surface area (Å²) in [5.74, 6) is -11.2. The molecule has 0 atom stereocenters. The summed E-state index contributed by atoms with van der Waals surface area (Å²) in [5.41, 5.74) is -0.629. The zero-order chi connectivity index (χ0) is 16.9. The topological polar surface area (TPSA) is 26.0 Å². The Hall–Kier alpha value is -2.41. The van der Waals surface area contributed by atoms with E-state index in [4.69, 9.17) is 16.0 Å². The lowest BCUT2D eigenvalue weighted by Gasteiger charge is -2.04. The van der Waals surface area contributed by atoms with E-state index in [-0.39, 0.29) is 16.1 Å². The lowest BCUT2D eigenvalue weighted by molar-refractivity contribution is 0.379. The number of oxazole rings is 1. The average Bonchev–Trinajstić information content (AvgIpc) is 2.92. The molecule has 0 aliphatic carbocycles. The van der Waals surface area contributed by atoms with Crippen LogP contribution < -0.4 is 0 Å². The van der Waals surface area contributed by atoms with Crippen molar-refractivity contribution in [1.82, 2.24) is 4.98 Å². The van der Waals surface area contributed by atoms with Gasteiger partial charge in [0.25, 0.3) is 0 Å². The number of rotatable bonds is 2. The fourth-order valence-corrected chi connectivity index (χ4v) is 2.26. The number of halogens is 6. The Bertz CT molecular complexity index is 937. The maximum absolute atomic E-state index is 13.8. The molecule has 0 spiro atoms. The van der Waals surface area contributed by atoms with Crippen LogP contribution in [0.3, 0.4) is 0 Å².